The molecule has 1 fully saturated rings. The van der Waals surface area contributed by atoms with Gasteiger partial charge >= 0.3 is 0 Å². The summed E-state index contributed by atoms with van der Waals surface area (Å²) < 4.78 is 5.96. The molecule has 7 nitrogen and oxygen atoms in total. The van der Waals surface area contributed by atoms with E-state index in [9.17, 15) is 20.1 Å². The summed E-state index contributed by atoms with van der Waals surface area (Å²) in [5, 5.41) is 32.9. The largest absolute Gasteiger partial charge is 0.487 e. The maximum atomic E-state index is 12.6. The highest BCUT2D eigenvalue weighted by atomic mass is 16.5. The minimum Gasteiger partial charge on any atom is -0.487 e. The van der Waals surface area contributed by atoms with Gasteiger partial charge in [0.15, 0.2) is 0 Å². The van der Waals surface area contributed by atoms with Gasteiger partial charge in [0.05, 0.1) is 17.8 Å². The maximum Gasteiger partial charge on any atom is 0.260 e. The van der Waals surface area contributed by atoms with Crippen LogP contribution in [0.1, 0.15) is 29.2 Å². The van der Waals surface area contributed by atoms with Gasteiger partial charge in [0.1, 0.15) is 18.5 Å². The Hall–Kier alpha value is -2.71. The number of para-hydroxylation sites is 1. The first-order chi connectivity index (χ1) is 14.9. The third kappa shape index (κ3) is 3.43. The summed E-state index contributed by atoms with van der Waals surface area (Å²) in [6, 6.07) is 13.5. The van der Waals surface area contributed by atoms with E-state index in [0.29, 0.717) is 31.0 Å². The first kappa shape index (κ1) is 20.2. The van der Waals surface area contributed by atoms with E-state index in [0.717, 1.165) is 34.4 Å². The van der Waals surface area contributed by atoms with Crippen LogP contribution in [0.4, 0.5) is 5.69 Å². The standard InChI is InChI=1S/C24H26N2O5/c1-13-21(28)22(29)19(27)11-26(13)9-8-14-6-7-16-15(10-14)12-31-23(16)20-17-4-2-3-5-18(17)25-24(20)30/h2-7,10,13,19,21-22,27-29H,8-9,11-12H2,1H3,(H,25,30). The van der Waals surface area contributed by atoms with Crippen LogP contribution in [0.5, 0.6) is 0 Å². The Morgan fingerprint density at radius 2 is 1.90 bits per heavy atom. The number of anilines is 1. The summed E-state index contributed by atoms with van der Waals surface area (Å²) in [4.78, 5) is 14.6. The fraction of sp³-hybridized carbons (Fsp3) is 0.375. The monoisotopic (exact) mass is 422 g/mol. The second-order valence-electron chi connectivity index (χ2n) is 8.52. The summed E-state index contributed by atoms with van der Waals surface area (Å²) >= 11 is 0. The van der Waals surface area contributed by atoms with Crippen LogP contribution in [0.2, 0.25) is 0 Å². The van der Waals surface area contributed by atoms with E-state index < -0.39 is 18.3 Å². The van der Waals surface area contributed by atoms with Crippen LogP contribution in [-0.2, 0) is 22.6 Å². The number of hydrogen-bond donors (Lipinski definition) is 4. The highest BCUT2D eigenvalue weighted by Gasteiger charge is 2.38. The fourth-order valence-electron chi connectivity index (χ4n) is 4.73. The van der Waals surface area contributed by atoms with Gasteiger partial charge in [0.25, 0.3) is 5.91 Å². The average molecular weight is 422 g/mol. The Morgan fingerprint density at radius 3 is 2.74 bits per heavy atom. The van der Waals surface area contributed by atoms with Crippen LogP contribution < -0.4 is 5.32 Å². The molecule has 4 N–H and O–H groups in total. The molecule has 2 aromatic carbocycles. The van der Waals surface area contributed by atoms with E-state index in [1.807, 2.05) is 48.2 Å². The summed E-state index contributed by atoms with van der Waals surface area (Å²) in [7, 11) is 0. The summed E-state index contributed by atoms with van der Waals surface area (Å²) in [6.07, 6.45) is -2.28. The molecule has 0 aliphatic carbocycles. The van der Waals surface area contributed by atoms with Crippen LogP contribution in [0.25, 0.3) is 11.3 Å². The predicted molar refractivity (Wildman–Crippen MR) is 116 cm³/mol. The number of piperidine rings is 1. The molecule has 1 amide bonds. The van der Waals surface area contributed by atoms with Gasteiger partial charge in [-0.1, -0.05) is 36.4 Å². The molecule has 0 bridgehead atoms. The lowest BCUT2D eigenvalue weighted by Crippen LogP contribution is -2.60. The van der Waals surface area contributed by atoms with E-state index in [-0.39, 0.29) is 11.9 Å². The van der Waals surface area contributed by atoms with Gasteiger partial charge in [-0.05, 0) is 25.0 Å². The summed E-state index contributed by atoms with van der Waals surface area (Å²) in [6.45, 7) is 3.27. The van der Waals surface area contributed by atoms with Gasteiger partial charge in [-0.15, -0.1) is 0 Å². The van der Waals surface area contributed by atoms with Gasteiger partial charge in [-0.25, -0.2) is 0 Å². The number of likely N-dealkylation sites (tertiary alicyclic amines) is 1. The van der Waals surface area contributed by atoms with Crippen LogP contribution in [0.15, 0.2) is 42.5 Å². The zero-order chi connectivity index (χ0) is 21.7. The first-order valence-corrected chi connectivity index (χ1v) is 10.6. The third-order valence-electron chi connectivity index (χ3n) is 6.61. The molecule has 2 aromatic rings. The number of hydrogen-bond acceptors (Lipinski definition) is 6. The SMILES string of the molecule is CC1C(O)C(O)C(O)CN1CCc1ccc2c(c1)COC2=C1C(=O)Nc2ccccc21. The van der Waals surface area contributed by atoms with Crippen molar-refractivity contribution in [2.75, 3.05) is 18.4 Å². The molecule has 0 aromatic heterocycles. The normalized spacial score (nSPS) is 30.0. The van der Waals surface area contributed by atoms with E-state index in [1.165, 1.54) is 0 Å². The number of carbonyl (C=O) groups is 1. The van der Waals surface area contributed by atoms with Crippen molar-refractivity contribution in [3.63, 3.8) is 0 Å². The molecule has 3 aliphatic rings. The van der Waals surface area contributed by atoms with Crippen molar-refractivity contribution >= 4 is 22.9 Å². The predicted octanol–water partition coefficient (Wildman–Crippen LogP) is 1.37. The highest BCUT2D eigenvalue weighted by molar-refractivity contribution is 6.36. The molecule has 4 atom stereocenters. The number of nitrogens with one attached hydrogen (secondary N) is 1. The van der Waals surface area contributed by atoms with Crippen LogP contribution >= 0.6 is 0 Å². The Morgan fingerprint density at radius 1 is 1.10 bits per heavy atom. The smallest absolute Gasteiger partial charge is 0.260 e. The number of rotatable bonds is 3. The van der Waals surface area contributed by atoms with Gasteiger partial charge in [0, 0.05) is 41.5 Å². The topological polar surface area (TPSA) is 102 Å². The van der Waals surface area contributed by atoms with E-state index in [1.54, 1.807) is 0 Å². The minimum absolute atomic E-state index is 0.147. The molecule has 0 saturated carbocycles. The quantitative estimate of drug-likeness (QED) is 0.558. The zero-order valence-corrected chi connectivity index (χ0v) is 17.3. The Balaban J connectivity index is 1.36. The number of aliphatic hydroxyl groups is 3. The summed E-state index contributed by atoms with van der Waals surface area (Å²) in [5.74, 6) is 0.473. The lowest BCUT2D eigenvalue weighted by molar-refractivity contribution is -0.132. The zero-order valence-electron chi connectivity index (χ0n) is 17.3. The lowest BCUT2D eigenvalue weighted by atomic mass is 9.94. The van der Waals surface area contributed by atoms with Gasteiger partial charge < -0.3 is 25.4 Å². The number of aliphatic hydroxyl groups excluding tert-OH is 3. The summed E-state index contributed by atoms with van der Waals surface area (Å²) in [5.41, 5.74) is 5.33. The van der Waals surface area contributed by atoms with Crippen molar-refractivity contribution in [3.8, 4) is 0 Å². The van der Waals surface area contributed by atoms with E-state index in [4.69, 9.17) is 4.74 Å². The molecule has 162 valence electrons. The molecule has 1 saturated heterocycles. The number of amides is 1. The number of fused-ring (bicyclic) bond motifs is 2. The fourth-order valence-corrected chi connectivity index (χ4v) is 4.73. The molecule has 3 aliphatic heterocycles. The molecule has 4 unspecified atom stereocenters. The van der Waals surface area contributed by atoms with Crippen molar-refractivity contribution in [2.24, 2.45) is 0 Å². The Labute approximate surface area is 180 Å². The number of β-amino-alcohol motifs (C(OH)–C–C–N with tert-alkyl or cyclic N) is 1. The van der Waals surface area contributed by atoms with Crippen LogP contribution in [0.3, 0.4) is 0 Å². The van der Waals surface area contributed by atoms with Crippen molar-refractivity contribution in [1.82, 2.24) is 4.90 Å². The molecular formula is C24H26N2O5. The number of nitrogens with zero attached hydrogens (tertiary/aromatic N) is 1. The molecule has 7 heteroatoms. The molecule has 5 rings (SSSR count). The molecule has 3 heterocycles. The Kier molecular flexibility index (Phi) is 5.06. The maximum absolute atomic E-state index is 12.6. The van der Waals surface area contributed by atoms with Crippen molar-refractivity contribution in [3.05, 3.63) is 64.7 Å². The second-order valence-corrected chi connectivity index (χ2v) is 8.52. The van der Waals surface area contributed by atoms with Crippen molar-refractivity contribution in [2.45, 2.75) is 44.3 Å². The third-order valence-corrected chi connectivity index (χ3v) is 6.61. The number of ether oxygens (including phenoxy) is 1. The second kappa shape index (κ2) is 7.76. The molecule has 0 spiro atoms. The number of carbonyl (C=O) groups excluding carboxylic acids is 1. The van der Waals surface area contributed by atoms with Gasteiger partial charge in [-0.2, -0.15) is 0 Å². The minimum atomic E-state index is -1.10. The molecule has 0 radical (unpaired) electrons. The van der Waals surface area contributed by atoms with Crippen LogP contribution in [-0.4, -0.2) is 63.6 Å². The first-order valence-electron chi connectivity index (χ1n) is 10.6. The molecule has 31 heavy (non-hydrogen) atoms. The van der Waals surface area contributed by atoms with Gasteiger partial charge in [-0.3, -0.25) is 9.69 Å². The van der Waals surface area contributed by atoms with E-state index >= 15 is 0 Å². The van der Waals surface area contributed by atoms with Crippen molar-refractivity contribution < 1.29 is 24.9 Å². The van der Waals surface area contributed by atoms with Crippen LogP contribution in [0, 0.1) is 0 Å². The number of benzene rings is 2. The highest BCUT2D eigenvalue weighted by Crippen LogP contribution is 2.41. The van der Waals surface area contributed by atoms with Gasteiger partial charge in [0.2, 0.25) is 0 Å². The molecular weight excluding hydrogens is 396 g/mol. The Bertz CT molecular complexity index is 1070. The van der Waals surface area contributed by atoms with Crippen molar-refractivity contribution in [1.29, 1.82) is 0 Å². The van der Waals surface area contributed by atoms with E-state index in [2.05, 4.69) is 11.4 Å². The lowest BCUT2D eigenvalue weighted by Gasteiger charge is -2.42. The average Bonchev–Trinajstić information content (AvgIpc) is 3.32.